The van der Waals surface area contributed by atoms with Gasteiger partial charge in [-0.25, -0.2) is 0 Å². The second-order valence-corrected chi connectivity index (χ2v) is 7.19. The Kier molecular flexibility index (Phi) is 6.17. The van der Waals surface area contributed by atoms with Crippen LogP contribution in [-0.4, -0.2) is 35.9 Å². The van der Waals surface area contributed by atoms with Crippen molar-refractivity contribution >= 4 is 23.7 Å². The highest BCUT2D eigenvalue weighted by Gasteiger charge is 2.34. The Balaban J connectivity index is 1.34. The van der Waals surface area contributed by atoms with Crippen LogP contribution in [0.1, 0.15) is 18.1 Å². The second-order valence-electron chi connectivity index (χ2n) is 7.19. The van der Waals surface area contributed by atoms with Crippen LogP contribution in [0.25, 0.3) is 6.08 Å². The fourth-order valence-corrected chi connectivity index (χ4v) is 3.31. The van der Waals surface area contributed by atoms with Crippen molar-refractivity contribution in [1.82, 2.24) is 5.06 Å². The van der Waals surface area contributed by atoms with Crippen LogP contribution in [0.15, 0.2) is 83.6 Å². The Morgan fingerprint density at radius 1 is 1.12 bits per heavy atom. The number of rotatable bonds is 8. The summed E-state index contributed by atoms with van der Waals surface area (Å²) in [7, 11) is 0. The zero-order valence-electron chi connectivity index (χ0n) is 17.7. The highest BCUT2D eigenvalue weighted by atomic mass is 16.7. The van der Waals surface area contributed by atoms with Gasteiger partial charge in [0.2, 0.25) is 0 Å². The number of hydrogen-bond donors (Lipinski definition) is 1. The summed E-state index contributed by atoms with van der Waals surface area (Å²) in [4.78, 5) is 21.7. The minimum atomic E-state index is -0.468. The Labute approximate surface area is 186 Å². The van der Waals surface area contributed by atoms with Crippen molar-refractivity contribution in [2.75, 3.05) is 13.2 Å². The predicted octanol–water partition coefficient (Wildman–Crippen LogP) is 4.32. The molecule has 0 atom stereocenters. The lowest BCUT2D eigenvalue weighted by Crippen LogP contribution is -2.38. The van der Waals surface area contributed by atoms with Gasteiger partial charge in [-0.3, -0.25) is 10.2 Å². The molecule has 0 saturated carbocycles. The normalized spacial score (nSPS) is 16.3. The minimum Gasteiger partial charge on any atom is -0.490 e. The van der Waals surface area contributed by atoms with Gasteiger partial charge in [-0.05, 0) is 48.7 Å². The van der Waals surface area contributed by atoms with Gasteiger partial charge in [-0.2, -0.15) is 4.99 Å². The molecule has 0 radical (unpaired) electrons. The van der Waals surface area contributed by atoms with Crippen molar-refractivity contribution in [3.63, 3.8) is 0 Å². The van der Waals surface area contributed by atoms with E-state index in [1.165, 1.54) is 5.06 Å². The Morgan fingerprint density at radius 2 is 1.88 bits per heavy atom. The molecule has 0 aliphatic carbocycles. The fraction of sp³-hybridized carbons (Fsp3) is 0.160. The first-order valence-corrected chi connectivity index (χ1v) is 10.2. The van der Waals surface area contributed by atoms with E-state index in [1.54, 1.807) is 19.1 Å². The summed E-state index contributed by atoms with van der Waals surface area (Å²) in [5.41, 5.74) is 2.00. The molecule has 0 unspecified atom stereocenters. The van der Waals surface area contributed by atoms with Crippen molar-refractivity contribution in [3.8, 4) is 11.5 Å². The number of ether oxygens (including phenoxy) is 2. The van der Waals surface area contributed by atoms with E-state index in [2.05, 4.69) is 11.6 Å². The number of hydrogen-bond acceptors (Lipinski definition) is 5. The van der Waals surface area contributed by atoms with E-state index in [0.717, 1.165) is 23.3 Å². The quantitative estimate of drug-likeness (QED) is 0.384. The van der Waals surface area contributed by atoms with Gasteiger partial charge in [-0.15, -0.1) is 11.6 Å². The van der Waals surface area contributed by atoms with Crippen molar-refractivity contribution < 1.29 is 19.1 Å². The van der Waals surface area contributed by atoms with E-state index in [-0.39, 0.29) is 11.4 Å². The molecule has 0 spiro atoms. The maximum atomic E-state index is 12.3. The van der Waals surface area contributed by atoms with Crippen LogP contribution < -0.4 is 9.47 Å². The molecule has 7 nitrogen and oxygen atoms in total. The first-order chi connectivity index (χ1) is 15.5. The van der Waals surface area contributed by atoms with Crippen LogP contribution in [0, 0.1) is 5.41 Å². The molecule has 2 aromatic rings. The van der Waals surface area contributed by atoms with Crippen molar-refractivity contribution in [2.45, 2.75) is 13.3 Å². The maximum Gasteiger partial charge on any atom is 0.282 e. The predicted molar refractivity (Wildman–Crippen MR) is 123 cm³/mol. The Bertz CT molecular complexity index is 1150. The molecule has 2 heterocycles. The summed E-state index contributed by atoms with van der Waals surface area (Å²) < 4.78 is 11.6. The second kappa shape index (κ2) is 9.34. The third kappa shape index (κ3) is 4.62. The molecular formula is C25H23N3O4. The molecule has 2 aromatic carbocycles. The van der Waals surface area contributed by atoms with Gasteiger partial charge in [0.25, 0.3) is 5.91 Å². The van der Waals surface area contributed by atoms with E-state index in [0.29, 0.717) is 30.6 Å². The van der Waals surface area contributed by atoms with E-state index in [4.69, 9.17) is 19.7 Å². The lowest BCUT2D eigenvalue weighted by molar-refractivity contribution is -0.114. The van der Waals surface area contributed by atoms with E-state index < -0.39 is 5.91 Å². The van der Waals surface area contributed by atoms with Crippen LogP contribution in [0.2, 0.25) is 0 Å². The molecule has 0 saturated heterocycles. The highest BCUT2D eigenvalue weighted by molar-refractivity contribution is 6.32. The maximum absolute atomic E-state index is 12.3. The first kappa shape index (κ1) is 21.1. The van der Waals surface area contributed by atoms with Crippen LogP contribution in [0.3, 0.4) is 0 Å². The first-order valence-electron chi connectivity index (χ1n) is 10.2. The third-order valence-corrected chi connectivity index (χ3v) is 4.82. The summed E-state index contributed by atoms with van der Waals surface area (Å²) in [5.74, 6) is 1.91. The van der Waals surface area contributed by atoms with Crippen LogP contribution in [-0.2, 0) is 16.1 Å². The monoisotopic (exact) mass is 429 g/mol. The van der Waals surface area contributed by atoms with Gasteiger partial charge in [0.1, 0.15) is 30.5 Å². The Morgan fingerprint density at radius 3 is 2.66 bits per heavy atom. The number of carbonyl (C=O) groups is 1. The lowest BCUT2D eigenvalue weighted by Gasteiger charge is -2.22. The number of nitrogens with zero attached hydrogens (tertiary/aromatic N) is 2. The van der Waals surface area contributed by atoms with E-state index >= 15 is 0 Å². The van der Waals surface area contributed by atoms with Gasteiger partial charge in [0.15, 0.2) is 11.7 Å². The molecule has 1 N–H and O–H groups in total. The molecule has 2 aliphatic heterocycles. The van der Waals surface area contributed by atoms with Crippen LogP contribution in [0.4, 0.5) is 0 Å². The van der Waals surface area contributed by atoms with Crippen LogP contribution >= 0.6 is 0 Å². The SMILES string of the molecule is C=CCc1ccccc1OCCOc1ccc(/C=C2\C(=N)N3OC(C)=CC3=NC2=O)cc1. The number of hydroxylamine groups is 2. The average molecular weight is 429 g/mol. The minimum absolute atomic E-state index is 0.0395. The number of para-hydroxylation sites is 1. The summed E-state index contributed by atoms with van der Waals surface area (Å²) in [6, 6.07) is 15.1. The van der Waals surface area contributed by atoms with Gasteiger partial charge in [0, 0.05) is 6.08 Å². The highest BCUT2D eigenvalue weighted by Crippen LogP contribution is 2.24. The average Bonchev–Trinajstić information content (AvgIpc) is 3.16. The summed E-state index contributed by atoms with van der Waals surface area (Å²) in [6.07, 6.45) is 5.84. The molecule has 0 bridgehead atoms. The lowest BCUT2D eigenvalue weighted by atomic mass is 10.1. The third-order valence-electron chi connectivity index (χ3n) is 4.82. The van der Waals surface area contributed by atoms with Crippen molar-refractivity contribution in [3.05, 3.63) is 89.7 Å². The van der Waals surface area contributed by atoms with Gasteiger partial charge in [-0.1, -0.05) is 36.4 Å². The van der Waals surface area contributed by atoms with Gasteiger partial charge >= 0.3 is 0 Å². The van der Waals surface area contributed by atoms with Crippen molar-refractivity contribution in [2.24, 2.45) is 4.99 Å². The fourth-order valence-electron chi connectivity index (χ4n) is 3.31. The number of amidine groups is 2. The number of carbonyl (C=O) groups excluding carboxylic acids is 1. The van der Waals surface area contributed by atoms with E-state index in [1.807, 2.05) is 54.6 Å². The summed E-state index contributed by atoms with van der Waals surface area (Å²) in [5, 5.41) is 9.51. The molecule has 1 amide bonds. The number of fused-ring (bicyclic) bond motifs is 1. The number of amides is 1. The van der Waals surface area contributed by atoms with Gasteiger partial charge < -0.3 is 14.3 Å². The zero-order chi connectivity index (χ0) is 22.5. The van der Waals surface area contributed by atoms with Crippen molar-refractivity contribution in [1.29, 1.82) is 5.41 Å². The van der Waals surface area contributed by atoms with Gasteiger partial charge in [0.05, 0.1) is 5.57 Å². The number of nitrogens with one attached hydrogen (secondary N) is 1. The number of allylic oxidation sites excluding steroid dienone is 2. The molecule has 2 aliphatic rings. The summed E-state index contributed by atoms with van der Waals surface area (Å²) in [6.45, 7) is 6.32. The number of aliphatic imine (C=N–C) groups is 1. The molecule has 32 heavy (non-hydrogen) atoms. The zero-order valence-corrected chi connectivity index (χ0v) is 17.7. The summed E-state index contributed by atoms with van der Waals surface area (Å²) >= 11 is 0. The van der Waals surface area contributed by atoms with Crippen LogP contribution in [0.5, 0.6) is 11.5 Å². The Hall–Kier alpha value is -4.13. The smallest absolute Gasteiger partial charge is 0.282 e. The molecule has 162 valence electrons. The molecular weight excluding hydrogens is 406 g/mol. The largest absolute Gasteiger partial charge is 0.490 e. The van der Waals surface area contributed by atoms with E-state index in [9.17, 15) is 4.79 Å². The molecule has 0 aromatic heterocycles. The topological polar surface area (TPSA) is 84.2 Å². The standard InChI is InChI=1S/C25H23N3O4/c1-3-6-19-7-4-5-8-22(19)31-14-13-30-20-11-9-18(10-12-20)16-21-24(26)28-23(27-25(21)29)15-17(2)32-28/h3-5,7-12,15-16,26H,1,6,13-14H2,2H3/b21-16+,26-24?. The number of benzene rings is 2. The molecule has 7 heteroatoms. The molecule has 0 fully saturated rings. The molecule has 4 rings (SSSR count).